The molecule has 0 aliphatic rings. The number of carboxylic acid groups (broad SMARTS) is 1. The molecule has 5 nitrogen and oxygen atoms in total. The molecule has 0 aliphatic heterocycles. The van der Waals surface area contributed by atoms with Gasteiger partial charge in [0.05, 0.1) is 0 Å². The summed E-state index contributed by atoms with van der Waals surface area (Å²) in [6.45, 7) is 2.48. The lowest BCUT2D eigenvalue weighted by molar-refractivity contribution is -0.137. The van der Waals surface area contributed by atoms with Crippen LogP contribution in [0, 0.1) is 0 Å². The van der Waals surface area contributed by atoms with Gasteiger partial charge in [0, 0.05) is 19.2 Å². The molecule has 0 unspecified atom stereocenters. The summed E-state index contributed by atoms with van der Waals surface area (Å²) in [7, 11) is 0. The first-order valence-electron chi connectivity index (χ1n) is 6.58. The van der Waals surface area contributed by atoms with Gasteiger partial charge in [-0.2, -0.15) is 0 Å². The number of hydrogen-bond acceptors (Lipinski definition) is 3. The number of carboxylic acids is 1. The number of aliphatic carboxylic acids is 1. The van der Waals surface area contributed by atoms with Crippen LogP contribution >= 0.6 is 0 Å². The van der Waals surface area contributed by atoms with Gasteiger partial charge >= 0.3 is 5.97 Å². The van der Waals surface area contributed by atoms with Gasteiger partial charge < -0.3 is 10.4 Å². The number of aryl methyl sites for hydroxylation is 1. The third-order valence-corrected chi connectivity index (χ3v) is 2.73. The first-order chi connectivity index (χ1) is 9.13. The number of nitrogens with one attached hydrogen (secondary N) is 1. The summed E-state index contributed by atoms with van der Waals surface area (Å²) in [6.07, 6.45) is 5.43. The summed E-state index contributed by atoms with van der Waals surface area (Å²) in [5.74, 6) is -1.11. The van der Waals surface area contributed by atoms with Crippen LogP contribution in [-0.4, -0.2) is 28.5 Å². The van der Waals surface area contributed by atoms with Gasteiger partial charge in [0.1, 0.15) is 5.69 Å². The summed E-state index contributed by atoms with van der Waals surface area (Å²) >= 11 is 0. The molecule has 0 saturated carbocycles. The van der Waals surface area contributed by atoms with Gasteiger partial charge in [0.25, 0.3) is 5.91 Å². The highest BCUT2D eigenvalue weighted by Gasteiger charge is 2.06. The van der Waals surface area contributed by atoms with Crippen molar-refractivity contribution in [2.45, 2.75) is 39.0 Å². The Morgan fingerprint density at radius 2 is 2.11 bits per heavy atom. The van der Waals surface area contributed by atoms with Crippen LogP contribution in [0.2, 0.25) is 0 Å². The average Bonchev–Trinajstić information content (AvgIpc) is 2.41. The molecule has 0 radical (unpaired) electrons. The number of carbonyl (C=O) groups is 2. The molecule has 0 aliphatic carbocycles. The minimum Gasteiger partial charge on any atom is -0.481 e. The maximum atomic E-state index is 11.7. The van der Waals surface area contributed by atoms with Crippen LogP contribution in [0.15, 0.2) is 18.3 Å². The number of nitrogens with zero attached hydrogens (tertiary/aromatic N) is 1. The van der Waals surface area contributed by atoms with Crippen LogP contribution in [0.3, 0.4) is 0 Å². The van der Waals surface area contributed by atoms with E-state index in [0.717, 1.165) is 24.8 Å². The summed E-state index contributed by atoms with van der Waals surface area (Å²) in [4.78, 5) is 26.1. The molecular weight excluding hydrogens is 244 g/mol. The van der Waals surface area contributed by atoms with Crippen molar-refractivity contribution in [3.8, 4) is 0 Å². The Balaban J connectivity index is 2.37. The minimum absolute atomic E-state index is 0.0592. The van der Waals surface area contributed by atoms with E-state index in [9.17, 15) is 9.59 Å². The van der Waals surface area contributed by atoms with Crippen molar-refractivity contribution in [3.05, 3.63) is 29.6 Å². The Labute approximate surface area is 113 Å². The van der Waals surface area contributed by atoms with E-state index in [2.05, 4.69) is 17.2 Å². The third-order valence-electron chi connectivity index (χ3n) is 2.73. The zero-order valence-electron chi connectivity index (χ0n) is 11.2. The van der Waals surface area contributed by atoms with Gasteiger partial charge in [-0.25, -0.2) is 0 Å². The Bertz CT molecular complexity index is 415. The first kappa shape index (κ1) is 15.1. The van der Waals surface area contributed by atoms with E-state index in [0.29, 0.717) is 18.7 Å². The highest BCUT2D eigenvalue weighted by molar-refractivity contribution is 5.92. The van der Waals surface area contributed by atoms with Gasteiger partial charge in [-0.05, 0) is 30.9 Å². The number of aromatic nitrogens is 1. The fraction of sp³-hybridized carbons (Fsp3) is 0.500. The fourth-order valence-electron chi connectivity index (χ4n) is 1.62. The Kier molecular flexibility index (Phi) is 6.57. The van der Waals surface area contributed by atoms with E-state index < -0.39 is 5.97 Å². The second-order valence-electron chi connectivity index (χ2n) is 4.41. The van der Waals surface area contributed by atoms with Crippen molar-refractivity contribution < 1.29 is 14.7 Å². The second-order valence-corrected chi connectivity index (χ2v) is 4.41. The van der Waals surface area contributed by atoms with Crippen LogP contribution < -0.4 is 5.32 Å². The SMILES string of the molecule is CCCCc1ccc(C(=O)NCCCC(=O)O)nc1. The molecule has 0 saturated heterocycles. The second kappa shape index (κ2) is 8.24. The predicted molar refractivity (Wildman–Crippen MR) is 72.1 cm³/mol. The highest BCUT2D eigenvalue weighted by Crippen LogP contribution is 2.05. The molecule has 0 bridgehead atoms. The summed E-state index contributed by atoms with van der Waals surface area (Å²) in [5.41, 5.74) is 1.50. The van der Waals surface area contributed by atoms with Gasteiger partial charge in [-0.15, -0.1) is 0 Å². The van der Waals surface area contributed by atoms with Crippen molar-refractivity contribution in [1.82, 2.24) is 10.3 Å². The standard InChI is InChI=1S/C14H20N2O3/c1-2-3-5-11-7-8-12(16-10-11)14(19)15-9-4-6-13(17)18/h7-8,10H,2-6,9H2,1H3,(H,15,19)(H,17,18). The topological polar surface area (TPSA) is 79.3 Å². The minimum atomic E-state index is -0.854. The summed E-state index contributed by atoms with van der Waals surface area (Å²) in [6, 6.07) is 3.62. The van der Waals surface area contributed by atoms with E-state index in [1.54, 1.807) is 12.3 Å². The molecule has 0 spiro atoms. The average molecular weight is 264 g/mol. The van der Waals surface area contributed by atoms with E-state index in [1.165, 1.54) is 0 Å². The molecule has 1 heterocycles. The Morgan fingerprint density at radius 3 is 2.68 bits per heavy atom. The third kappa shape index (κ3) is 5.99. The van der Waals surface area contributed by atoms with Gasteiger partial charge in [-0.1, -0.05) is 19.4 Å². The normalized spacial score (nSPS) is 10.2. The van der Waals surface area contributed by atoms with Gasteiger partial charge in [-0.3, -0.25) is 14.6 Å². The number of amides is 1. The molecule has 1 aromatic heterocycles. The highest BCUT2D eigenvalue weighted by atomic mass is 16.4. The number of rotatable bonds is 8. The van der Waals surface area contributed by atoms with Crippen LogP contribution in [-0.2, 0) is 11.2 Å². The van der Waals surface area contributed by atoms with Crippen molar-refractivity contribution >= 4 is 11.9 Å². The lowest BCUT2D eigenvalue weighted by Gasteiger charge is -2.04. The van der Waals surface area contributed by atoms with Crippen LogP contribution in [0.1, 0.15) is 48.7 Å². The van der Waals surface area contributed by atoms with Crippen molar-refractivity contribution in [3.63, 3.8) is 0 Å². The monoisotopic (exact) mass is 264 g/mol. The fourth-order valence-corrected chi connectivity index (χ4v) is 1.62. The molecule has 2 N–H and O–H groups in total. The van der Waals surface area contributed by atoms with E-state index >= 15 is 0 Å². The number of pyridine rings is 1. The molecule has 5 heteroatoms. The maximum absolute atomic E-state index is 11.7. The van der Waals surface area contributed by atoms with Gasteiger partial charge in [0.15, 0.2) is 0 Å². The first-order valence-corrected chi connectivity index (χ1v) is 6.58. The smallest absolute Gasteiger partial charge is 0.303 e. The molecule has 19 heavy (non-hydrogen) atoms. The van der Waals surface area contributed by atoms with Crippen LogP contribution in [0.25, 0.3) is 0 Å². The van der Waals surface area contributed by atoms with Crippen molar-refractivity contribution in [2.24, 2.45) is 0 Å². The molecular formula is C14H20N2O3. The lowest BCUT2D eigenvalue weighted by Crippen LogP contribution is -2.25. The lowest BCUT2D eigenvalue weighted by atomic mass is 10.1. The van der Waals surface area contributed by atoms with E-state index in [1.807, 2.05) is 6.07 Å². The molecule has 1 rings (SSSR count). The van der Waals surface area contributed by atoms with Gasteiger partial charge in [0.2, 0.25) is 0 Å². The number of unbranched alkanes of at least 4 members (excludes halogenated alkanes) is 1. The van der Waals surface area contributed by atoms with Crippen LogP contribution in [0.4, 0.5) is 0 Å². The summed E-state index contributed by atoms with van der Waals surface area (Å²) < 4.78 is 0. The largest absolute Gasteiger partial charge is 0.481 e. The zero-order valence-corrected chi connectivity index (χ0v) is 11.2. The Hall–Kier alpha value is -1.91. The maximum Gasteiger partial charge on any atom is 0.303 e. The number of carbonyl (C=O) groups excluding carboxylic acids is 1. The van der Waals surface area contributed by atoms with E-state index in [-0.39, 0.29) is 12.3 Å². The zero-order chi connectivity index (χ0) is 14.1. The molecule has 0 atom stereocenters. The number of hydrogen-bond donors (Lipinski definition) is 2. The quantitative estimate of drug-likeness (QED) is 0.704. The molecule has 0 aromatic carbocycles. The molecule has 1 aromatic rings. The molecule has 1 amide bonds. The predicted octanol–water partition coefficient (Wildman–Crippen LogP) is 2.02. The van der Waals surface area contributed by atoms with Crippen molar-refractivity contribution in [1.29, 1.82) is 0 Å². The van der Waals surface area contributed by atoms with E-state index in [4.69, 9.17) is 5.11 Å². The van der Waals surface area contributed by atoms with Crippen LogP contribution in [0.5, 0.6) is 0 Å². The molecule has 0 fully saturated rings. The van der Waals surface area contributed by atoms with Crippen molar-refractivity contribution in [2.75, 3.05) is 6.54 Å². The molecule has 104 valence electrons. The summed E-state index contributed by atoms with van der Waals surface area (Å²) in [5, 5.41) is 11.1. The Morgan fingerprint density at radius 1 is 1.32 bits per heavy atom.